The molecule has 2 aliphatic rings. The Balaban J connectivity index is 1.87. The molecule has 88 valence electrons. The van der Waals surface area contributed by atoms with E-state index in [0.717, 1.165) is 18.4 Å². The molecule has 3 heteroatoms. The Hall–Kier alpha value is -0.830. The minimum absolute atomic E-state index is 0.714. The summed E-state index contributed by atoms with van der Waals surface area (Å²) in [6, 6.07) is 0.759. The number of rotatable bonds is 4. The number of nitrogens with zero attached hydrogens (tertiary/aromatic N) is 2. The summed E-state index contributed by atoms with van der Waals surface area (Å²) < 4.78 is 2.46. The van der Waals surface area contributed by atoms with Gasteiger partial charge in [0.15, 0.2) is 0 Å². The van der Waals surface area contributed by atoms with Gasteiger partial charge in [-0.2, -0.15) is 0 Å². The predicted molar refractivity (Wildman–Crippen MR) is 64.5 cm³/mol. The van der Waals surface area contributed by atoms with Gasteiger partial charge in [0.05, 0.1) is 5.69 Å². The van der Waals surface area contributed by atoms with Crippen LogP contribution in [0.3, 0.4) is 0 Å². The molecule has 0 unspecified atom stereocenters. The van der Waals surface area contributed by atoms with Crippen LogP contribution in [-0.4, -0.2) is 16.1 Å². The van der Waals surface area contributed by atoms with Gasteiger partial charge in [0, 0.05) is 24.6 Å². The molecule has 0 radical (unpaired) electrons. The lowest BCUT2D eigenvalue weighted by Gasteiger charge is -2.11. The van der Waals surface area contributed by atoms with Crippen LogP contribution < -0.4 is 5.73 Å². The number of nitrogens with two attached hydrogens (primary N) is 1. The second-order valence-electron chi connectivity index (χ2n) is 5.25. The zero-order valence-corrected chi connectivity index (χ0v) is 9.86. The summed E-state index contributed by atoms with van der Waals surface area (Å²) in [5.74, 6) is 2.09. The number of aromatic nitrogens is 2. The highest BCUT2D eigenvalue weighted by Crippen LogP contribution is 2.41. The lowest BCUT2D eigenvalue weighted by molar-refractivity contribution is 0.592. The molecule has 3 rings (SSSR count). The van der Waals surface area contributed by atoms with E-state index in [1.54, 1.807) is 0 Å². The molecule has 2 N–H and O–H groups in total. The van der Waals surface area contributed by atoms with E-state index in [2.05, 4.69) is 10.8 Å². The Morgan fingerprint density at radius 1 is 1.25 bits per heavy atom. The van der Waals surface area contributed by atoms with Gasteiger partial charge < -0.3 is 10.3 Å². The van der Waals surface area contributed by atoms with Crippen molar-refractivity contribution in [1.82, 2.24) is 9.55 Å². The Kier molecular flexibility index (Phi) is 2.72. The molecule has 1 heterocycles. The van der Waals surface area contributed by atoms with Gasteiger partial charge in [-0.25, -0.2) is 4.98 Å². The summed E-state index contributed by atoms with van der Waals surface area (Å²) in [7, 11) is 0. The van der Waals surface area contributed by atoms with Crippen molar-refractivity contribution >= 4 is 0 Å². The molecule has 2 fully saturated rings. The SMILES string of the molecule is NCCc1cn(C2CC2)c(C2CCCC2)n1. The maximum atomic E-state index is 5.62. The van der Waals surface area contributed by atoms with Crippen LogP contribution in [-0.2, 0) is 6.42 Å². The van der Waals surface area contributed by atoms with Gasteiger partial charge in [0.1, 0.15) is 5.82 Å². The molecule has 0 atom stereocenters. The molecule has 0 aliphatic heterocycles. The highest BCUT2D eigenvalue weighted by Gasteiger charge is 2.30. The Morgan fingerprint density at radius 3 is 2.62 bits per heavy atom. The predicted octanol–water partition coefficient (Wildman–Crippen LogP) is 2.38. The van der Waals surface area contributed by atoms with Crippen molar-refractivity contribution in [3.05, 3.63) is 17.7 Å². The van der Waals surface area contributed by atoms with Crippen molar-refractivity contribution in [2.75, 3.05) is 6.54 Å². The van der Waals surface area contributed by atoms with Crippen LogP contribution in [0.1, 0.15) is 62.0 Å². The third-order valence-corrected chi connectivity index (χ3v) is 3.87. The fourth-order valence-electron chi connectivity index (χ4n) is 2.86. The van der Waals surface area contributed by atoms with Gasteiger partial charge in [-0.15, -0.1) is 0 Å². The highest BCUT2D eigenvalue weighted by molar-refractivity contribution is 5.13. The Labute approximate surface area is 97.0 Å². The topological polar surface area (TPSA) is 43.8 Å². The lowest BCUT2D eigenvalue weighted by Crippen LogP contribution is -2.05. The minimum Gasteiger partial charge on any atom is -0.331 e. The van der Waals surface area contributed by atoms with Crippen LogP contribution in [0, 0.1) is 0 Å². The molecule has 3 nitrogen and oxygen atoms in total. The molecule has 0 spiro atoms. The summed E-state index contributed by atoms with van der Waals surface area (Å²) in [6.07, 6.45) is 11.3. The number of imidazole rings is 1. The van der Waals surface area contributed by atoms with E-state index in [0.29, 0.717) is 6.54 Å². The first-order valence-corrected chi connectivity index (χ1v) is 6.66. The molecular weight excluding hydrogens is 198 g/mol. The van der Waals surface area contributed by atoms with E-state index < -0.39 is 0 Å². The second kappa shape index (κ2) is 4.21. The lowest BCUT2D eigenvalue weighted by atomic mass is 10.1. The summed E-state index contributed by atoms with van der Waals surface area (Å²) in [5, 5.41) is 0. The highest BCUT2D eigenvalue weighted by atomic mass is 15.1. The van der Waals surface area contributed by atoms with Crippen LogP contribution >= 0.6 is 0 Å². The zero-order chi connectivity index (χ0) is 11.0. The molecule has 0 amide bonds. The molecular formula is C13H21N3. The van der Waals surface area contributed by atoms with Gasteiger partial charge in [0.25, 0.3) is 0 Å². The standard InChI is InChI=1S/C13H21N3/c14-8-7-11-9-16(12-5-6-12)13(15-11)10-3-1-2-4-10/h9-10,12H,1-8,14H2. The number of hydrogen-bond acceptors (Lipinski definition) is 2. The smallest absolute Gasteiger partial charge is 0.112 e. The maximum Gasteiger partial charge on any atom is 0.112 e. The van der Waals surface area contributed by atoms with Gasteiger partial charge in [-0.3, -0.25) is 0 Å². The van der Waals surface area contributed by atoms with Crippen molar-refractivity contribution in [3.8, 4) is 0 Å². The van der Waals surface area contributed by atoms with Gasteiger partial charge in [-0.05, 0) is 32.2 Å². The fraction of sp³-hybridized carbons (Fsp3) is 0.769. The zero-order valence-electron chi connectivity index (χ0n) is 9.86. The summed E-state index contributed by atoms with van der Waals surface area (Å²) in [4.78, 5) is 4.83. The first kappa shape index (κ1) is 10.3. The van der Waals surface area contributed by atoms with Crippen LogP contribution in [0.4, 0.5) is 0 Å². The van der Waals surface area contributed by atoms with Crippen LogP contribution in [0.25, 0.3) is 0 Å². The average Bonchev–Trinajstić information content (AvgIpc) is 2.83. The maximum absolute atomic E-state index is 5.62. The van der Waals surface area contributed by atoms with Gasteiger partial charge in [-0.1, -0.05) is 12.8 Å². The van der Waals surface area contributed by atoms with Gasteiger partial charge in [0.2, 0.25) is 0 Å². The van der Waals surface area contributed by atoms with E-state index in [9.17, 15) is 0 Å². The van der Waals surface area contributed by atoms with Crippen LogP contribution in [0.5, 0.6) is 0 Å². The van der Waals surface area contributed by atoms with E-state index in [-0.39, 0.29) is 0 Å². The third-order valence-electron chi connectivity index (χ3n) is 3.87. The van der Waals surface area contributed by atoms with Crippen molar-refractivity contribution < 1.29 is 0 Å². The van der Waals surface area contributed by atoms with Crippen molar-refractivity contribution in [2.45, 2.75) is 56.9 Å². The second-order valence-corrected chi connectivity index (χ2v) is 5.25. The van der Waals surface area contributed by atoms with E-state index in [1.807, 2.05) is 0 Å². The molecule has 16 heavy (non-hydrogen) atoms. The first-order chi connectivity index (χ1) is 7.88. The minimum atomic E-state index is 0.714. The van der Waals surface area contributed by atoms with E-state index in [4.69, 9.17) is 10.7 Å². The monoisotopic (exact) mass is 219 g/mol. The molecule has 0 bridgehead atoms. The van der Waals surface area contributed by atoms with Gasteiger partial charge >= 0.3 is 0 Å². The Bertz CT molecular complexity index is 359. The summed E-state index contributed by atoms with van der Waals surface area (Å²) in [6.45, 7) is 0.714. The van der Waals surface area contributed by atoms with Crippen molar-refractivity contribution in [2.24, 2.45) is 5.73 Å². The quantitative estimate of drug-likeness (QED) is 0.845. The molecule has 2 saturated carbocycles. The van der Waals surface area contributed by atoms with Crippen LogP contribution in [0.15, 0.2) is 6.20 Å². The van der Waals surface area contributed by atoms with Crippen molar-refractivity contribution in [3.63, 3.8) is 0 Å². The molecule has 1 aromatic heterocycles. The van der Waals surface area contributed by atoms with Crippen LogP contribution in [0.2, 0.25) is 0 Å². The first-order valence-electron chi connectivity index (χ1n) is 6.66. The average molecular weight is 219 g/mol. The van der Waals surface area contributed by atoms with E-state index in [1.165, 1.54) is 50.0 Å². The molecule has 2 aliphatic carbocycles. The third kappa shape index (κ3) is 1.88. The van der Waals surface area contributed by atoms with Crippen molar-refractivity contribution in [1.29, 1.82) is 0 Å². The normalized spacial score (nSPS) is 21.8. The molecule has 1 aromatic rings. The Morgan fingerprint density at radius 2 is 2.00 bits per heavy atom. The number of hydrogen-bond donors (Lipinski definition) is 1. The largest absolute Gasteiger partial charge is 0.331 e. The van der Waals surface area contributed by atoms with E-state index >= 15 is 0 Å². The fourth-order valence-corrected chi connectivity index (χ4v) is 2.86. The summed E-state index contributed by atoms with van der Waals surface area (Å²) >= 11 is 0. The summed E-state index contributed by atoms with van der Waals surface area (Å²) in [5.41, 5.74) is 6.82. The molecule has 0 saturated heterocycles. The molecule has 0 aromatic carbocycles.